The molecule has 1 fully saturated rings. The molecule has 0 radical (unpaired) electrons. The third kappa shape index (κ3) is 2.70. The lowest BCUT2D eigenvalue weighted by molar-refractivity contribution is -0.130. The summed E-state index contributed by atoms with van der Waals surface area (Å²) in [6.45, 7) is 3.59. The number of carbonyl (C=O) groups excluding carboxylic acids is 1. The molecule has 21 heavy (non-hydrogen) atoms. The number of fused-ring (bicyclic) bond motifs is 1. The van der Waals surface area contributed by atoms with E-state index in [0.29, 0.717) is 19.8 Å². The first-order valence-electron chi connectivity index (χ1n) is 7.52. The molecule has 1 saturated carbocycles. The van der Waals surface area contributed by atoms with E-state index in [-0.39, 0.29) is 11.9 Å². The molecule has 2 aliphatic rings. The number of nitrogens with one attached hydrogen (secondary N) is 1. The summed E-state index contributed by atoms with van der Waals surface area (Å²) in [4.78, 5) is 12.4. The van der Waals surface area contributed by atoms with Gasteiger partial charge in [-0.2, -0.15) is 0 Å². The van der Waals surface area contributed by atoms with Gasteiger partial charge in [-0.25, -0.2) is 0 Å². The van der Waals surface area contributed by atoms with Gasteiger partial charge in [0.25, 0.3) is 0 Å². The quantitative estimate of drug-likeness (QED) is 0.886. The second-order valence-electron chi connectivity index (χ2n) is 6.08. The number of carbonyl (C=O) groups is 1. The van der Waals surface area contributed by atoms with Crippen molar-refractivity contribution in [3.63, 3.8) is 0 Å². The number of benzene rings is 1. The summed E-state index contributed by atoms with van der Waals surface area (Å²) in [5, 5.41) is 3.00. The molecule has 2 unspecified atom stereocenters. The molecule has 114 valence electrons. The standard InChI is InChI=1S/C16H22N2O3/c1-16(6-2-3-14(16)17)15(19)18-10-11-4-5-12-13(9-11)21-8-7-20-12/h4-5,9,14H,2-3,6-8,10,17H2,1H3,(H,18,19). The van der Waals surface area contributed by atoms with Crippen molar-refractivity contribution in [2.75, 3.05) is 13.2 Å². The van der Waals surface area contributed by atoms with E-state index < -0.39 is 5.41 Å². The van der Waals surface area contributed by atoms with Crippen molar-refractivity contribution in [2.45, 2.75) is 38.8 Å². The Morgan fingerprint density at radius 3 is 2.86 bits per heavy atom. The van der Waals surface area contributed by atoms with Crippen molar-refractivity contribution in [3.8, 4) is 11.5 Å². The molecule has 1 aromatic carbocycles. The first-order chi connectivity index (χ1) is 10.1. The Morgan fingerprint density at radius 2 is 2.14 bits per heavy atom. The average molecular weight is 290 g/mol. The zero-order chi connectivity index (χ0) is 14.9. The van der Waals surface area contributed by atoms with Gasteiger partial charge >= 0.3 is 0 Å². The molecule has 5 heteroatoms. The molecule has 1 heterocycles. The van der Waals surface area contributed by atoms with Gasteiger partial charge in [0, 0.05) is 12.6 Å². The number of hydrogen-bond acceptors (Lipinski definition) is 4. The molecule has 1 aliphatic heterocycles. The fourth-order valence-corrected chi connectivity index (χ4v) is 3.06. The molecular formula is C16H22N2O3. The summed E-state index contributed by atoms with van der Waals surface area (Å²) in [5.41, 5.74) is 6.64. The van der Waals surface area contributed by atoms with Gasteiger partial charge in [-0.1, -0.05) is 12.5 Å². The Kier molecular flexibility index (Phi) is 3.76. The van der Waals surface area contributed by atoms with Gasteiger partial charge in [-0.15, -0.1) is 0 Å². The topological polar surface area (TPSA) is 73.6 Å². The lowest BCUT2D eigenvalue weighted by Gasteiger charge is -2.27. The van der Waals surface area contributed by atoms with Crippen molar-refractivity contribution < 1.29 is 14.3 Å². The zero-order valence-electron chi connectivity index (χ0n) is 12.4. The van der Waals surface area contributed by atoms with Crippen LogP contribution in [0.5, 0.6) is 11.5 Å². The van der Waals surface area contributed by atoms with Gasteiger partial charge in [-0.3, -0.25) is 4.79 Å². The summed E-state index contributed by atoms with van der Waals surface area (Å²) in [6, 6.07) is 5.72. The lowest BCUT2D eigenvalue weighted by Crippen LogP contribution is -2.47. The van der Waals surface area contributed by atoms with E-state index in [0.717, 1.165) is 36.3 Å². The predicted molar refractivity (Wildman–Crippen MR) is 79.2 cm³/mol. The highest BCUT2D eigenvalue weighted by Gasteiger charge is 2.42. The molecule has 0 spiro atoms. The summed E-state index contributed by atoms with van der Waals surface area (Å²) in [6.07, 6.45) is 2.81. The Labute approximate surface area is 124 Å². The molecule has 3 N–H and O–H groups in total. The van der Waals surface area contributed by atoms with Crippen molar-refractivity contribution in [1.82, 2.24) is 5.32 Å². The molecule has 1 amide bonds. The summed E-state index contributed by atoms with van der Waals surface area (Å²) in [5.74, 6) is 1.56. The van der Waals surface area contributed by atoms with Crippen LogP contribution in [0.4, 0.5) is 0 Å². The van der Waals surface area contributed by atoms with Crippen molar-refractivity contribution in [3.05, 3.63) is 23.8 Å². The first-order valence-corrected chi connectivity index (χ1v) is 7.52. The molecular weight excluding hydrogens is 268 g/mol. The number of amides is 1. The van der Waals surface area contributed by atoms with Crippen LogP contribution in [0.15, 0.2) is 18.2 Å². The van der Waals surface area contributed by atoms with Crippen LogP contribution >= 0.6 is 0 Å². The molecule has 3 rings (SSSR count). The van der Waals surface area contributed by atoms with Crippen molar-refractivity contribution >= 4 is 5.91 Å². The van der Waals surface area contributed by atoms with Gasteiger partial charge < -0.3 is 20.5 Å². The molecule has 5 nitrogen and oxygen atoms in total. The van der Waals surface area contributed by atoms with E-state index in [2.05, 4.69) is 5.32 Å². The van der Waals surface area contributed by atoms with E-state index in [1.54, 1.807) is 0 Å². The monoisotopic (exact) mass is 290 g/mol. The Balaban J connectivity index is 1.64. The Morgan fingerprint density at radius 1 is 1.38 bits per heavy atom. The number of rotatable bonds is 3. The van der Waals surface area contributed by atoms with Gasteiger partial charge in [0.1, 0.15) is 13.2 Å². The highest BCUT2D eigenvalue weighted by atomic mass is 16.6. The zero-order valence-corrected chi connectivity index (χ0v) is 12.4. The van der Waals surface area contributed by atoms with Gasteiger partial charge in [0.2, 0.25) is 5.91 Å². The minimum absolute atomic E-state index is 0.0437. The van der Waals surface area contributed by atoms with Crippen molar-refractivity contribution in [1.29, 1.82) is 0 Å². The number of ether oxygens (including phenoxy) is 2. The van der Waals surface area contributed by atoms with Crippen LogP contribution in [0.3, 0.4) is 0 Å². The lowest BCUT2D eigenvalue weighted by atomic mass is 9.84. The summed E-state index contributed by atoms with van der Waals surface area (Å²) >= 11 is 0. The van der Waals surface area contributed by atoms with E-state index >= 15 is 0 Å². The van der Waals surface area contributed by atoms with E-state index in [1.807, 2.05) is 25.1 Å². The summed E-state index contributed by atoms with van der Waals surface area (Å²) in [7, 11) is 0. The van der Waals surface area contributed by atoms with Gasteiger partial charge in [0.15, 0.2) is 11.5 Å². The average Bonchev–Trinajstić information content (AvgIpc) is 2.85. The van der Waals surface area contributed by atoms with Crippen LogP contribution in [0, 0.1) is 5.41 Å². The predicted octanol–water partition coefficient (Wildman–Crippen LogP) is 1.59. The van der Waals surface area contributed by atoms with Gasteiger partial charge in [0.05, 0.1) is 5.41 Å². The molecule has 1 aliphatic carbocycles. The smallest absolute Gasteiger partial charge is 0.227 e. The number of hydrogen-bond donors (Lipinski definition) is 2. The number of nitrogens with two attached hydrogens (primary N) is 1. The van der Waals surface area contributed by atoms with E-state index in [9.17, 15) is 4.79 Å². The molecule has 0 aromatic heterocycles. The molecule has 1 aromatic rings. The minimum Gasteiger partial charge on any atom is -0.486 e. The fraction of sp³-hybridized carbons (Fsp3) is 0.562. The first kappa shape index (κ1) is 14.2. The largest absolute Gasteiger partial charge is 0.486 e. The maximum Gasteiger partial charge on any atom is 0.227 e. The second kappa shape index (κ2) is 5.56. The fourth-order valence-electron chi connectivity index (χ4n) is 3.06. The third-order valence-electron chi connectivity index (χ3n) is 4.61. The van der Waals surface area contributed by atoms with E-state index in [4.69, 9.17) is 15.2 Å². The van der Waals surface area contributed by atoms with Crippen LogP contribution in [0.1, 0.15) is 31.7 Å². The third-order valence-corrected chi connectivity index (χ3v) is 4.61. The second-order valence-corrected chi connectivity index (χ2v) is 6.08. The van der Waals surface area contributed by atoms with Crippen LogP contribution in [-0.2, 0) is 11.3 Å². The maximum absolute atomic E-state index is 12.4. The van der Waals surface area contributed by atoms with Crippen LogP contribution in [0.25, 0.3) is 0 Å². The summed E-state index contributed by atoms with van der Waals surface area (Å²) < 4.78 is 11.0. The molecule has 0 saturated heterocycles. The van der Waals surface area contributed by atoms with E-state index in [1.165, 1.54) is 0 Å². The highest BCUT2D eigenvalue weighted by Crippen LogP contribution is 2.37. The normalized spacial score (nSPS) is 27.4. The van der Waals surface area contributed by atoms with Crippen LogP contribution in [-0.4, -0.2) is 25.2 Å². The highest BCUT2D eigenvalue weighted by molar-refractivity contribution is 5.83. The minimum atomic E-state index is -0.437. The molecule has 0 bridgehead atoms. The maximum atomic E-state index is 12.4. The van der Waals surface area contributed by atoms with Gasteiger partial charge in [-0.05, 0) is 37.5 Å². The molecule has 2 atom stereocenters. The van der Waals surface area contributed by atoms with Crippen molar-refractivity contribution in [2.24, 2.45) is 11.1 Å². The Hall–Kier alpha value is -1.75. The van der Waals surface area contributed by atoms with Crippen LogP contribution < -0.4 is 20.5 Å². The SMILES string of the molecule is CC1(C(=O)NCc2ccc3c(c2)OCCO3)CCCC1N. The van der Waals surface area contributed by atoms with Crippen LogP contribution in [0.2, 0.25) is 0 Å². The Bertz CT molecular complexity index is 546.